The maximum atomic E-state index is 11.7. The Morgan fingerprint density at radius 3 is 1.72 bits per heavy atom. The number of hydrogen-bond acceptors (Lipinski definition) is 3. The highest BCUT2D eigenvalue weighted by Crippen LogP contribution is 2.23. The Morgan fingerprint density at radius 2 is 1.33 bits per heavy atom. The van der Waals surface area contributed by atoms with Crippen LogP contribution in [-0.2, 0) is 4.79 Å². The molecule has 0 saturated carbocycles. The highest BCUT2D eigenvalue weighted by molar-refractivity contribution is 5.77. The third kappa shape index (κ3) is 4.78. The van der Waals surface area contributed by atoms with Crippen molar-refractivity contribution in [1.82, 2.24) is 0 Å². The molecule has 1 rings (SSSR count). The normalized spacial score (nSPS) is 12.1. The fraction of sp³-hybridized carbons (Fsp3) is 0.533. The second-order valence-corrected chi connectivity index (χ2v) is 6.33. The van der Waals surface area contributed by atoms with Gasteiger partial charge < -0.3 is 9.47 Å². The van der Waals surface area contributed by atoms with Crippen molar-refractivity contribution in [3.8, 4) is 11.5 Å². The van der Waals surface area contributed by atoms with Crippen LogP contribution in [0.2, 0.25) is 0 Å². The summed E-state index contributed by atoms with van der Waals surface area (Å²) in [7, 11) is 0. The zero-order valence-corrected chi connectivity index (χ0v) is 12.0. The minimum absolute atomic E-state index is 0.233. The number of ether oxygens (including phenoxy) is 2. The minimum atomic E-state index is -0.499. The van der Waals surface area contributed by atoms with E-state index in [0.717, 1.165) is 5.75 Å². The van der Waals surface area contributed by atoms with Crippen LogP contribution in [0.4, 0.5) is 0 Å². The Morgan fingerprint density at radius 1 is 0.889 bits per heavy atom. The Hall–Kier alpha value is -1.51. The molecule has 1 aromatic carbocycles. The highest BCUT2D eigenvalue weighted by Gasteiger charge is 2.23. The van der Waals surface area contributed by atoms with Gasteiger partial charge in [0.25, 0.3) is 0 Å². The zero-order valence-electron chi connectivity index (χ0n) is 12.0. The van der Waals surface area contributed by atoms with E-state index in [0.29, 0.717) is 5.75 Å². The number of esters is 1. The molecule has 0 aliphatic carbocycles. The molecule has 0 saturated heterocycles. The molecule has 0 aromatic heterocycles. The van der Waals surface area contributed by atoms with Crippen molar-refractivity contribution < 1.29 is 14.3 Å². The summed E-state index contributed by atoms with van der Waals surface area (Å²) in [5, 5.41) is 0. The molecule has 0 aliphatic heterocycles. The minimum Gasteiger partial charge on any atom is -0.488 e. The number of carbonyl (C=O) groups is 1. The molecule has 0 fully saturated rings. The summed E-state index contributed by atoms with van der Waals surface area (Å²) in [5.74, 6) is 1.06. The molecule has 100 valence electrons. The summed E-state index contributed by atoms with van der Waals surface area (Å²) in [5.41, 5.74) is -0.732. The topological polar surface area (TPSA) is 35.5 Å². The summed E-state index contributed by atoms with van der Waals surface area (Å²) >= 11 is 0. The largest absolute Gasteiger partial charge is 0.488 e. The smallest absolute Gasteiger partial charge is 0.316 e. The highest BCUT2D eigenvalue weighted by atomic mass is 16.5. The molecule has 0 heterocycles. The van der Waals surface area contributed by atoms with Gasteiger partial charge in [0.05, 0.1) is 5.41 Å². The average molecular weight is 250 g/mol. The summed E-state index contributed by atoms with van der Waals surface area (Å²) in [4.78, 5) is 11.7. The summed E-state index contributed by atoms with van der Waals surface area (Å²) in [6.45, 7) is 11.4. The molecule has 0 radical (unpaired) electrons. The lowest BCUT2D eigenvalue weighted by Gasteiger charge is -2.21. The van der Waals surface area contributed by atoms with Crippen molar-refractivity contribution in [3.63, 3.8) is 0 Å². The fourth-order valence-electron chi connectivity index (χ4n) is 1.19. The number of hydrogen-bond donors (Lipinski definition) is 0. The third-order valence-corrected chi connectivity index (χ3v) is 2.07. The third-order valence-electron chi connectivity index (χ3n) is 2.07. The molecule has 3 nitrogen and oxygen atoms in total. The van der Waals surface area contributed by atoms with E-state index < -0.39 is 5.41 Å². The molecule has 18 heavy (non-hydrogen) atoms. The van der Waals surface area contributed by atoms with Crippen molar-refractivity contribution in [3.05, 3.63) is 24.3 Å². The number of rotatable bonds is 2. The molecule has 0 spiro atoms. The van der Waals surface area contributed by atoms with E-state index in [2.05, 4.69) is 0 Å². The van der Waals surface area contributed by atoms with Crippen LogP contribution >= 0.6 is 0 Å². The van der Waals surface area contributed by atoms with Gasteiger partial charge in [-0.05, 0) is 65.8 Å². The van der Waals surface area contributed by atoms with Crippen LogP contribution in [0.15, 0.2) is 24.3 Å². The van der Waals surface area contributed by atoms with Gasteiger partial charge in [0, 0.05) is 0 Å². The van der Waals surface area contributed by atoms with Gasteiger partial charge in [0.15, 0.2) is 0 Å². The maximum absolute atomic E-state index is 11.7. The molecule has 0 aliphatic rings. The van der Waals surface area contributed by atoms with E-state index in [4.69, 9.17) is 9.47 Å². The van der Waals surface area contributed by atoms with E-state index in [1.807, 2.05) is 41.5 Å². The van der Waals surface area contributed by atoms with Gasteiger partial charge >= 0.3 is 5.97 Å². The summed E-state index contributed by atoms with van der Waals surface area (Å²) in [6, 6.07) is 7.09. The lowest BCUT2D eigenvalue weighted by molar-refractivity contribution is -0.143. The van der Waals surface area contributed by atoms with E-state index in [1.54, 1.807) is 24.3 Å². The first-order valence-corrected chi connectivity index (χ1v) is 6.09. The van der Waals surface area contributed by atoms with Crippen molar-refractivity contribution in [2.75, 3.05) is 0 Å². The van der Waals surface area contributed by atoms with Crippen LogP contribution in [0.5, 0.6) is 11.5 Å². The van der Waals surface area contributed by atoms with E-state index in [1.165, 1.54) is 0 Å². The van der Waals surface area contributed by atoms with E-state index >= 15 is 0 Å². The van der Waals surface area contributed by atoms with Crippen LogP contribution in [0.1, 0.15) is 41.5 Å². The van der Waals surface area contributed by atoms with Crippen LogP contribution in [0.25, 0.3) is 0 Å². The predicted molar refractivity (Wildman–Crippen MR) is 71.9 cm³/mol. The Balaban J connectivity index is 2.70. The molecule has 3 heteroatoms. The SMILES string of the molecule is CC(C)(C)Oc1ccc(OC(=O)C(C)(C)C)cc1. The molecular weight excluding hydrogens is 228 g/mol. The van der Waals surface area contributed by atoms with Gasteiger partial charge in [-0.25, -0.2) is 0 Å². The second-order valence-electron chi connectivity index (χ2n) is 6.33. The summed E-state index contributed by atoms with van der Waals surface area (Å²) < 4.78 is 11.0. The molecule has 1 aromatic rings. The van der Waals surface area contributed by atoms with Crippen LogP contribution in [-0.4, -0.2) is 11.6 Å². The van der Waals surface area contributed by atoms with Crippen LogP contribution in [0.3, 0.4) is 0 Å². The van der Waals surface area contributed by atoms with Gasteiger partial charge in [-0.1, -0.05) is 0 Å². The first kappa shape index (κ1) is 14.6. The molecule has 0 unspecified atom stereocenters. The number of carbonyl (C=O) groups excluding carboxylic acids is 1. The van der Waals surface area contributed by atoms with Gasteiger partial charge in [0.2, 0.25) is 0 Å². The molecular formula is C15H22O3. The maximum Gasteiger partial charge on any atom is 0.316 e. The van der Waals surface area contributed by atoms with E-state index in [9.17, 15) is 4.79 Å². The van der Waals surface area contributed by atoms with Crippen LogP contribution in [0, 0.1) is 5.41 Å². The predicted octanol–water partition coefficient (Wildman–Crippen LogP) is 3.82. The molecule has 0 bridgehead atoms. The lowest BCUT2D eigenvalue weighted by atomic mass is 9.97. The molecule has 0 N–H and O–H groups in total. The zero-order chi connectivity index (χ0) is 14.0. The fourth-order valence-corrected chi connectivity index (χ4v) is 1.19. The van der Waals surface area contributed by atoms with Crippen LogP contribution < -0.4 is 9.47 Å². The average Bonchev–Trinajstić information content (AvgIpc) is 2.17. The second kappa shape index (κ2) is 5.01. The Kier molecular flexibility index (Phi) is 4.05. The van der Waals surface area contributed by atoms with Crippen molar-refractivity contribution in [1.29, 1.82) is 0 Å². The molecule has 0 atom stereocenters. The van der Waals surface area contributed by atoms with Crippen molar-refractivity contribution in [2.24, 2.45) is 5.41 Å². The first-order valence-electron chi connectivity index (χ1n) is 6.09. The van der Waals surface area contributed by atoms with Gasteiger partial charge in [-0.2, -0.15) is 0 Å². The standard InChI is InChI=1S/C15H22O3/c1-14(2,3)13(16)17-11-7-9-12(10-8-11)18-15(4,5)6/h7-10H,1-6H3. The quantitative estimate of drug-likeness (QED) is 0.591. The molecule has 0 amide bonds. The Bertz CT molecular complexity index is 405. The van der Waals surface area contributed by atoms with E-state index in [-0.39, 0.29) is 11.6 Å². The van der Waals surface area contributed by atoms with Gasteiger partial charge in [0.1, 0.15) is 17.1 Å². The van der Waals surface area contributed by atoms with Gasteiger partial charge in [-0.3, -0.25) is 4.79 Å². The summed E-state index contributed by atoms with van der Waals surface area (Å²) in [6.07, 6.45) is 0. The lowest BCUT2D eigenvalue weighted by Crippen LogP contribution is -2.25. The number of benzene rings is 1. The Labute approximate surface area is 109 Å². The van der Waals surface area contributed by atoms with Crippen molar-refractivity contribution >= 4 is 5.97 Å². The monoisotopic (exact) mass is 250 g/mol. The van der Waals surface area contributed by atoms with Crippen molar-refractivity contribution in [2.45, 2.75) is 47.1 Å². The first-order chi connectivity index (χ1) is 8.08. The van der Waals surface area contributed by atoms with Gasteiger partial charge in [-0.15, -0.1) is 0 Å².